The van der Waals surface area contributed by atoms with E-state index in [0.717, 1.165) is 35.1 Å². The van der Waals surface area contributed by atoms with Gasteiger partial charge in [0.05, 0.1) is 22.6 Å². The molecule has 0 aliphatic heterocycles. The van der Waals surface area contributed by atoms with Gasteiger partial charge in [0.2, 0.25) is 5.91 Å². The molecule has 1 aromatic heterocycles. The van der Waals surface area contributed by atoms with Crippen LogP contribution in [0.2, 0.25) is 0 Å². The summed E-state index contributed by atoms with van der Waals surface area (Å²) < 4.78 is 8.63. The Morgan fingerprint density at radius 1 is 1.32 bits per heavy atom. The highest BCUT2D eigenvalue weighted by molar-refractivity contribution is 14.1. The highest BCUT2D eigenvalue weighted by Gasteiger charge is 2.10. The zero-order valence-corrected chi connectivity index (χ0v) is 17.6. The van der Waals surface area contributed by atoms with Crippen LogP contribution in [0.4, 0.5) is 5.69 Å². The second-order valence-corrected chi connectivity index (χ2v) is 8.84. The number of halogens is 1. The van der Waals surface area contributed by atoms with Gasteiger partial charge in [-0.25, -0.2) is 4.98 Å². The maximum Gasteiger partial charge on any atom is 0.234 e. The van der Waals surface area contributed by atoms with Crippen molar-refractivity contribution in [2.24, 2.45) is 0 Å². The van der Waals surface area contributed by atoms with Crippen LogP contribution in [0.5, 0.6) is 5.75 Å². The molecule has 0 radical (unpaired) electrons. The minimum Gasteiger partial charge on any atom is -0.494 e. The lowest BCUT2D eigenvalue weighted by Gasteiger charge is -2.08. The van der Waals surface area contributed by atoms with Crippen molar-refractivity contribution in [2.45, 2.75) is 18.2 Å². The predicted molar refractivity (Wildman–Crippen MR) is 114 cm³/mol. The zero-order valence-electron chi connectivity index (χ0n) is 13.8. The number of anilines is 1. The third kappa shape index (κ3) is 4.86. The van der Waals surface area contributed by atoms with Gasteiger partial charge in [0.25, 0.3) is 0 Å². The number of hydrogen-bond donors (Lipinski definition) is 1. The van der Waals surface area contributed by atoms with Gasteiger partial charge in [-0.2, -0.15) is 0 Å². The summed E-state index contributed by atoms with van der Waals surface area (Å²) >= 11 is 5.30. The number of nitrogens with zero attached hydrogens (tertiary/aromatic N) is 1. The first kappa shape index (κ1) is 18.5. The fourth-order valence-corrected chi connectivity index (χ4v) is 4.83. The van der Waals surface area contributed by atoms with Crippen LogP contribution in [-0.4, -0.2) is 23.3 Å². The van der Waals surface area contributed by atoms with Crippen LogP contribution in [-0.2, 0) is 4.79 Å². The van der Waals surface area contributed by atoms with E-state index in [1.54, 1.807) is 11.3 Å². The van der Waals surface area contributed by atoms with Crippen molar-refractivity contribution < 1.29 is 9.53 Å². The van der Waals surface area contributed by atoms with Crippen LogP contribution in [0.25, 0.3) is 10.2 Å². The number of thiazole rings is 1. The molecule has 3 aromatic rings. The Bertz CT molecular complexity index is 911. The molecule has 3 rings (SSSR count). The van der Waals surface area contributed by atoms with Crippen molar-refractivity contribution >= 4 is 67.5 Å². The highest BCUT2D eigenvalue weighted by Crippen LogP contribution is 2.32. The Morgan fingerprint density at radius 2 is 2.16 bits per heavy atom. The van der Waals surface area contributed by atoms with E-state index in [9.17, 15) is 4.79 Å². The molecular formula is C18H17IN2O2S2. The summed E-state index contributed by atoms with van der Waals surface area (Å²) in [5.41, 5.74) is 2.86. The Kier molecular flexibility index (Phi) is 6.19. The van der Waals surface area contributed by atoms with Crippen LogP contribution in [0.15, 0.2) is 40.7 Å². The number of aromatic nitrogens is 1. The van der Waals surface area contributed by atoms with E-state index in [0.29, 0.717) is 12.4 Å². The molecule has 0 aliphatic rings. The van der Waals surface area contributed by atoms with Gasteiger partial charge in [0.15, 0.2) is 4.34 Å². The van der Waals surface area contributed by atoms with Gasteiger partial charge < -0.3 is 10.1 Å². The quantitative estimate of drug-likeness (QED) is 0.379. The van der Waals surface area contributed by atoms with Gasteiger partial charge in [-0.1, -0.05) is 11.8 Å². The number of thioether (sulfide) groups is 1. The molecule has 1 heterocycles. The third-order valence-electron chi connectivity index (χ3n) is 3.44. The van der Waals surface area contributed by atoms with Crippen molar-refractivity contribution in [1.82, 2.24) is 4.98 Å². The smallest absolute Gasteiger partial charge is 0.234 e. The zero-order chi connectivity index (χ0) is 17.8. The van der Waals surface area contributed by atoms with Crippen LogP contribution in [0.1, 0.15) is 12.5 Å². The van der Waals surface area contributed by atoms with Gasteiger partial charge >= 0.3 is 0 Å². The number of carbonyl (C=O) groups is 1. The number of amides is 1. The summed E-state index contributed by atoms with van der Waals surface area (Å²) in [6.45, 7) is 4.60. The molecule has 0 spiro atoms. The van der Waals surface area contributed by atoms with E-state index in [2.05, 4.69) is 32.9 Å². The summed E-state index contributed by atoms with van der Waals surface area (Å²) in [5, 5.41) is 2.96. The fourth-order valence-electron chi connectivity index (χ4n) is 2.28. The van der Waals surface area contributed by atoms with Crippen LogP contribution >= 0.6 is 45.7 Å². The lowest BCUT2D eigenvalue weighted by Crippen LogP contribution is -2.14. The molecule has 1 N–H and O–H groups in total. The third-order valence-corrected chi connectivity index (χ3v) is 6.27. The summed E-state index contributed by atoms with van der Waals surface area (Å²) in [6, 6.07) is 11.8. The number of aryl methyl sites for hydroxylation is 1. The predicted octanol–water partition coefficient (Wildman–Crippen LogP) is 5.34. The van der Waals surface area contributed by atoms with E-state index >= 15 is 0 Å². The largest absolute Gasteiger partial charge is 0.494 e. The van der Waals surface area contributed by atoms with Gasteiger partial charge in [-0.05, 0) is 78.4 Å². The Balaban J connectivity index is 1.62. The molecule has 0 atom stereocenters. The minimum atomic E-state index is -0.0245. The van der Waals surface area contributed by atoms with Crippen molar-refractivity contribution in [1.29, 1.82) is 0 Å². The molecule has 0 fully saturated rings. The topological polar surface area (TPSA) is 51.2 Å². The first-order chi connectivity index (χ1) is 12.0. The van der Waals surface area contributed by atoms with Crippen molar-refractivity contribution in [3.8, 4) is 5.75 Å². The normalized spacial score (nSPS) is 10.8. The molecule has 2 aromatic carbocycles. The second-order valence-electron chi connectivity index (χ2n) is 5.34. The first-order valence-corrected chi connectivity index (χ1v) is 10.7. The standard InChI is InChI=1S/C18H17IN2O2S2/c1-3-23-13-5-7-15-16(9-13)25-18(21-15)24-10-17(22)20-14-6-4-12(19)8-11(14)2/h4-9H,3,10H2,1-2H3,(H,20,22). The summed E-state index contributed by atoms with van der Waals surface area (Å²) in [5.74, 6) is 1.16. The van der Waals surface area contributed by atoms with E-state index in [1.807, 2.05) is 50.2 Å². The molecule has 4 nitrogen and oxygen atoms in total. The molecule has 0 saturated heterocycles. The summed E-state index contributed by atoms with van der Waals surface area (Å²) in [6.07, 6.45) is 0. The molecule has 1 amide bonds. The van der Waals surface area contributed by atoms with Crippen molar-refractivity contribution in [3.63, 3.8) is 0 Å². The summed E-state index contributed by atoms with van der Waals surface area (Å²) in [7, 11) is 0. The molecule has 0 aliphatic carbocycles. The molecule has 25 heavy (non-hydrogen) atoms. The average Bonchev–Trinajstić information content (AvgIpc) is 2.98. The Labute approximate surface area is 168 Å². The maximum atomic E-state index is 12.2. The number of hydrogen-bond acceptors (Lipinski definition) is 5. The highest BCUT2D eigenvalue weighted by atomic mass is 127. The lowest BCUT2D eigenvalue weighted by molar-refractivity contribution is -0.113. The van der Waals surface area contributed by atoms with Crippen LogP contribution in [0, 0.1) is 10.5 Å². The lowest BCUT2D eigenvalue weighted by atomic mass is 10.2. The number of nitrogens with one attached hydrogen (secondary N) is 1. The molecular weight excluding hydrogens is 467 g/mol. The molecule has 7 heteroatoms. The van der Waals surface area contributed by atoms with E-state index in [-0.39, 0.29) is 5.91 Å². The number of rotatable bonds is 6. The van der Waals surface area contributed by atoms with Crippen molar-refractivity contribution in [3.05, 3.63) is 45.5 Å². The molecule has 0 saturated carbocycles. The van der Waals surface area contributed by atoms with Gasteiger partial charge in [-0.15, -0.1) is 11.3 Å². The van der Waals surface area contributed by atoms with E-state index in [4.69, 9.17) is 4.74 Å². The van der Waals surface area contributed by atoms with E-state index in [1.165, 1.54) is 11.8 Å². The van der Waals surface area contributed by atoms with E-state index < -0.39 is 0 Å². The number of benzene rings is 2. The van der Waals surface area contributed by atoms with Crippen molar-refractivity contribution in [2.75, 3.05) is 17.7 Å². The molecule has 0 bridgehead atoms. The monoisotopic (exact) mass is 484 g/mol. The Hall–Kier alpha value is -1.32. The molecule has 0 unspecified atom stereocenters. The van der Waals surface area contributed by atoms with Gasteiger partial charge in [0, 0.05) is 9.26 Å². The number of carbonyl (C=O) groups excluding carboxylic acids is 1. The SMILES string of the molecule is CCOc1ccc2nc(SCC(=O)Nc3ccc(I)cc3C)sc2c1. The Morgan fingerprint density at radius 3 is 2.92 bits per heavy atom. The van der Waals surface area contributed by atoms with Gasteiger partial charge in [0.1, 0.15) is 5.75 Å². The first-order valence-electron chi connectivity index (χ1n) is 7.77. The van der Waals surface area contributed by atoms with Crippen LogP contribution < -0.4 is 10.1 Å². The number of fused-ring (bicyclic) bond motifs is 1. The summed E-state index contributed by atoms with van der Waals surface area (Å²) in [4.78, 5) is 16.8. The van der Waals surface area contributed by atoms with Gasteiger partial charge in [-0.3, -0.25) is 4.79 Å². The fraction of sp³-hybridized carbons (Fsp3) is 0.222. The minimum absolute atomic E-state index is 0.0245. The molecule has 130 valence electrons. The maximum absolute atomic E-state index is 12.2. The average molecular weight is 484 g/mol. The van der Waals surface area contributed by atoms with Crippen LogP contribution in [0.3, 0.4) is 0 Å². The second kappa shape index (κ2) is 8.37. The number of ether oxygens (including phenoxy) is 1.